The van der Waals surface area contributed by atoms with Crippen molar-refractivity contribution in [3.63, 3.8) is 0 Å². The van der Waals surface area contributed by atoms with Gasteiger partial charge in [0.25, 0.3) is 5.56 Å². The fourth-order valence-corrected chi connectivity index (χ4v) is 1.34. The average Bonchev–Trinajstić information content (AvgIpc) is 2.61. The van der Waals surface area contributed by atoms with Crippen LogP contribution in [0.15, 0.2) is 35.5 Å². The van der Waals surface area contributed by atoms with Crippen LogP contribution in [0.2, 0.25) is 0 Å². The zero-order valence-electron chi connectivity index (χ0n) is 7.90. The standard InChI is InChI=1S/C10H11N3O/c1-2-13-7-9(10(14)12-13)8-3-5-11-6-4-8/h3-7H,2H2,1H3,(H,12,14). The van der Waals surface area contributed by atoms with E-state index in [9.17, 15) is 4.79 Å². The van der Waals surface area contributed by atoms with E-state index in [1.54, 1.807) is 17.1 Å². The number of rotatable bonds is 2. The monoisotopic (exact) mass is 189 g/mol. The summed E-state index contributed by atoms with van der Waals surface area (Å²) in [5, 5.41) is 2.73. The fraction of sp³-hybridized carbons (Fsp3) is 0.200. The van der Waals surface area contributed by atoms with Crippen molar-refractivity contribution in [3.05, 3.63) is 41.1 Å². The third-order valence-electron chi connectivity index (χ3n) is 2.11. The molecule has 14 heavy (non-hydrogen) atoms. The largest absolute Gasteiger partial charge is 0.292 e. The third kappa shape index (κ3) is 1.46. The summed E-state index contributed by atoms with van der Waals surface area (Å²) in [4.78, 5) is 15.4. The third-order valence-corrected chi connectivity index (χ3v) is 2.11. The quantitative estimate of drug-likeness (QED) is 0.773. The molecular weight excluding hydrogens is 178 g/mol. The zero-order chi connectivity index (χ0) is 9.97. The molecule has 0 amide bonds. The first kappa shape index (κ1) is 8.74. The van der Waals surface area contributed by atoms with E-state index in [1.807, 2.05) is 25.3 Å². The Morgan fingerprint density at radius 1 is 1.43 bits per heavy atom. The van der Waals surface area contributed by atoms with Crippen LogP contribution in [-0.4, -0.2) is 14.8 Å². The van der Waals surface area contributed by atoms with Crippen LogP contribution in [-0.2, 0) is 6.54 Å². The molecule has 0 aliphatic carbocycles. The van der Waals surface area contributed by atoms with Crippen LogP contribution in [0.1, 0.15) is 6.92 Å². The van der Waals surface area contributed by atoms with Gasteiger partial charge in [-0.15, -0.1) is 0 Å². The second-order valence-electron chi connectivity index (χ2n) is 3.01. The van der Waals surface area contributed by atoms with Gasteiger partial charge < -0.3 is 0 Å². The van der Waals surface area contributed by atoms with Crippen molar-refractivity contribution in [2.75, 3.05) is 0 Å². The molecule has 0 saturated carbocycles. The molecule has 0 aromatic carbocycles. The Morgan fingerprint density at radius 3 is 2.71 bits per heavy atom. The van der Waals surface area contributed by atoms with E-state index >= 15 is 0 Å². The van der Waals surface area contributed by atoms with Gasteiger partial charge in [0.2, 0.25) is 0 Å². The van der Waals surface area contributed by atoms with Crippen LogP contribution in [0, 0.1) is 0 Å². The summed E-state index contributed by atoms with van der Waals surface area (Å²) in [6.07, 6.45) is 5.17. The minimum absolute atomic E-state index is 0.0574. The lowest BCUT2D eigenvalue weighted by Gasteiger charge is -1.93. The molecule has 0 aliphatic rings. The van der Waals surface area contributed by atoms with Gasteiger partial charge in [-0.25, -0.2) is 0 Å². The number of hydrogen-bond acceptors (Lipinski definition) is 2. The number of nitrogens with zero attached hydrogens (tertiary/aromatic N) is 2. The van der Waals surface area contributed by atoms with Crippen LogP contribution < -0.4 is 5.56 Å². The molecule has 0 radical (unpaired) electrons. The van der Waals surface area contributed by atoms with Crippen LogP contribution in [0.5, 0.6) is 0 Å². The summed E-state index contributed by atoms with van der Waals surface area (Å²) in [5.74, 6) is 0. The predicted octanol–water partition coefficient (Wildman–Crippen LogP) is 1.26. The molecule has 72 valence electrons. The number of nitrogens with one attached hydrogen (secondary N) is 1. The topological polar surface area (TPSA) is 50.7 Å². The maximum atomic E-state index is 11.5. The summed E-state index contributed by atoms with van der Waals surface area (Å²) in [5.41, 5.74) is 1.53. The van der Waals surface area contributed by atoms with Gasteiger partial charge in [0.15, 0.2) is 0 Å². The highest BCUT2D eigenvalue weighted by atomic mass is 16.1. The van der Waals surface area contributed by atoms with E-state index in [-0.39, 0.29) is 5.56 Å². The molecule has 4 heteroatoms. The van der Waals surface area contributed by atoms with Gasteiger partial charge in [-0.3, -0.25) is 19.6 Å². The minimum Gasteiger partial charge on any atom is -0.292 e. The Labute approximate surface area is 81.2 Å². The lowest BCUT2D eigenvalue weighted by Crippen LogP contribution is -2.05. The van der Waals surface area contributed by atoms with Crippen molar-refractivity contribution < 1.29 is 0 Å². The molecule has 2 heterocycles. The lowest BCUT2D eigenvalue weighted by molar-refractivity contribution is 0.653. The highest BCUT2D eigenvalue weighted by molar-refractivity contribution is 5.60. The Hall–Kier alpha value is -1.84. The van der Waals surface area contributed by atoms with Crippen molar-refractivity contribution in [2.24, 2.45) is 0 Å². The van der Waals surface area contributed by atoms with Gasteiger partial charge in [-0.05, 0) is 24.6 Å². The van der Waals surface area contributed by atoms with E-state index in [4.69, 9.17) is 0 Å². The summed E-state index contributed by atoms with van der Waals surface area (Å²) in [6.45, 7) is 2.74. The van der Waals surface area contributed by atoms with Gasteiger partial charge in [0.05, 0.1) is 5.56 Å². The number of aromatic amines is 1. The van der Waals surface area contributed by atoms with Crippen LogP contribution in [0.4, 0.5) is 0 Å². The van der Waals surface area contributed by atoms with E-state index in [0.29, 0.717) is 5.56 Å². The molecule has 0 aliphatic heterocycles. The Balaban J connectivity index is 2.52. The van der Waals surface area contributed by atoms with Crippen molar-refractivity contribution in [2.45, 2.75) is 13.5 Å². The number of H-pyrrole nitrogens is 1. The van der Waals surface area contributed by atoms with Gasteiger partial charge in [0.1, 0.15) is 0 Å². The molecule has 0 unspecified atom stereocenters. The number of hydrogen-bond donors (Lipinski definition) is 1. The molecule has 2 aromatic heterocycles. The summed E-state index contributed by atoms with van der Waals surface area (Å²) >= 11 is 0. The normalized spacial score (nSPS) is 10.4. The summed E-state index contributed by atoms with van der Waals surface area (Å²) in [6, 6.07) is 3.65. The Kier molecular flexibility index (Phi) is 2.18. The van der Waals surface area contributed by atoms with Gasteiger partial charge in [0, 0.05) is 25.1 Å². The highest BCUT2D eigenvalue weighted by Crippen LogP contribution is 2.12. The molecule has 0 atom stereocenters. The van der Waals surface area contributed by atoms with Crippen molar-refractivity contribution in [1.82, 2.24) is 14.8 Å². The SMILES string of the molecule is CCn1cc(-c2ccncc2)c(=O)[nH]1. The Morgan fingerprint density at radius 2 is 2.14 bits per heavy atom. The van der Waals surface area contributed by atoms with Gasteiger partial charge >= 0.3 is 0 Å². The Bertz CT molecular complexity index is 470. The first-order valence-corrected chi connectivity index (χ1v) is 4.51. The van der Waals surface area contributed by atoms with Gasteiger partial charge in [-0.1, -0.05) is 0 Å². The highest BCUT2D eigenvalue weighted by Gasteiger charge is 2.04. The summed E-state index contributed by atoms with van der Waals surface area (Å²) in [7, 11) is 0. The predicted molar refractivity (Wildman–Crippen MR) is 54.0 cm³/mol. The minimum atomic E-state index is -0.0574. The van der Waals surface area contributed by atoms with E-state index in [0.717, 1.165) is 12.1 Å². The second kappa shape index (κ2) is 3.49. The van der Waals surface area contributed by atoms with Crippen molar-refractivity contribution in [1.29, 1.82) is 0 Å². The maximum Gasteiger partial charge on any atom is 0.271 e. The second-order valence-corrected chi connectivity index (χ2v) is 3.01. The van der Waals surface area contributed by atoms with E-state index in [1.165, 1.54) is 0 Å². The molecule has 0 spiro atoms. The first-order chi connectivity index (χ1) is 6.81. The number of aryl methyl sites for hydroxylation is 1. The lowest BCUT2D eigenvalue weighted by atomic mass is 10.1. The van der Waals surface area contributed by atoms with E-state index < -0.39 is 0 Å². The van der Waals surface area contributed by atoms with Crippen molar-refractivity contribution in [3.8, 4) is 11.1 Å². The molecule has 1 N–H and O–H groups in total. The van der Waals surface area contributed by atoms with Crippen LogP contribution in [0.25, 0.3) is 11.1 Å². The first-order valence-electron chi connectivity index (χ1n) is 4.51. The molecule has 0 bridgehead atoms. The average molecular weight is 189 g/mol. The number of pyridine rings is 1. The fourth-order valence-electron chi connectivity index (χ4n) is 1.34. The van der Waals surface area contributed by atoms with Gasteiger partial charge in [-0.2, -0.15) is 0 Å². The maximum absolute atomic E-state index is 11.5. The molecule has 2 aromatic rings. The molecule has 0 saturated heterocycles. The molecule has 2 rings (SSSR count). The van der Waals surface area contributed by atoms with Crippen LogP contribution in [0.3, 0.4) is 0 Å². The zero-order valence-corrected chi connectivity index (χ0v) is 7.90. The van der Waals surface area contributed by atoms with E-state index in [2.05, 4.69) is 10.1 Å². The molecular formula is C10H11N3O. The number of aromatic nitrogens is 3. The summed E-state index contributed by atoms with van der Waals surface area (Å²) < 4.78 is 1.76. The smallest absolute Gasteiger partial charge is 0.271 e. The van der Waals surface area contributed by atoms with Crippen molar-refractivity contribution >= 4 is 0 Å². The molecule has 0 fully saturated rings. The molecule has 4 nitrogen and oxygen atoms in total. The van der Waals surface area contributed by atoms with Crippen LogP contribution >= 0.6 is 0 Å².